The summed E-state index contributed by atoms with van der Waals surface area (Å²) >= 11 is 5.96. The number of rotatable bonds is 8. The minimum absolute atomic E-state index is 0.00420. The van der Waals surface area contributed by atoms with Gasteiger partial charge in [0.15, 0.2) is 0 Å². The summed E-state index contributed by atoms with van der Waals surface area (Å²) in [6.45, 7) is 5.73. The highest BCUT2D eigenvalue weighted by molar-refractivity contribution is 6.30. The second-order valence-electron chi connectivity index (χ2n) is 10.8. The molecule has 0 unspecified atom stereocenters. The quantitative estimate of drug-likeness (QED) is 0.193. The number of aromatic nitrogens is 4. The Labute approximate surface area is 256 Å². The number of para-hydroxylation sites is 1. The molecule has 1 aliphatic rings. The number of imidazole rings is 1. The zero-order valence-electron chi connectivity index (χ0n) is 24.0. The molecular formula is C32H29ClF3N5O3. The molecule has 3 heterocycles. The number of nitrogens with zero attached hydrogens (tertiary/aromatic N) is 5. The molecule has 0 saturated heterocycles. The molecule has 0 N–H and O–H groups in total. The third kappa shape index (κ3) is 6.15. The van der Waals surface area contributed by atoms with Gasteiger partial charge in [-0.15, -0.1) is 0 Å². The van der Waals surface area contributed by atoms with Gasteiger partial charge in [-0.1, -0.05) is 23.7 Å². The van der Waals surface area contributed by atoms with E-state index in [1.54, 1.807) is 68.6 Å². The van der Waals surface area contributed by atoms with Crippen molar-refractivity contribution < 1.29 is 22.6 Å². The molecule has 3 aromatic carbocycles. The monoisotopic (exact) mass is 623 g/mol. The van der Waals surface area contributed by atoms with Crippen LogP contribution in [0.4, 0.5) is 13.2 Å². The van der Waals surface area contributed by atoms with Crippen LogP contribution in [0.25, 0.3) is 16.6 Å². The molecule has 0 fully saturated rings. The zero-order chi connectivity index (χ0) is 31.0. The zero-order valence-corrected chi connectivity index (χ0v) is 24.8. The third-order valence-electron chi connectivity index (χ3n) is 7.33. The average molecular weight is 624 g/mol. The molecule has 44 heavy (non-hydrogen) atoms. The highest BCUT2D eigenvalue weighted by Gasteiger charge is 2.32. The standard InChI is InChI=1S/C32H29ClF3N5O3/c1-20(2)44-28-12-7-21(32(34,35)36)15-27(28)41-29(38-26-6-4-3-5-25(26)31(41)42)18-39-13-14-40-23(17-39)16-37-30(40)19-43-24-10-8-22(33)9-11-24/h3-12,15-16,20H,13-14,17-19H2,1-2H3. The second kappa shape index (κ2) is 12.0. The van der Waals surface area contributed by atoms with Crippen LogP contribution in [0, 0.1) is 0 Å². The van der Waals surface area contributed by atoms with Crippen molar-refractivity contribution >= 4 is 22.5 Å². The Morgan fingerprint density at radius 1 is 1.00 bits per heavy atom. The number of halogens is 4. The second-order valence-corrected chi connectivity index (χ2v) is 11.2. The average Bonchev–Trinajstić information content (AvgIpc) is 3.39. The van der Waals surface area contributed by atoms with E-state index in [1.807, 2.05) is 0 Å². The van der Waals surface area contributed by atoms with Gasteiger partial charge in [-0.25, -0.2) is 9.97 Å². The van der Waals surface area contributed by atoms with Crippen molar-refractivity contribution in [1.29, 1.82) is 0 Å². The van der Waals surface area contributed by atoms with Gasteiger partial charge in [-0.3, -0.25) is 14.3 Å². The van der Waals surface area contributed by atoms with Crippen LogP contribution in [-0.2, 0) is 32.4 Å². The van der Waals surface area contributed by atoms with Crippen LogP contribution in [0.15, 0.2) is 77.7 Å². The molecule has 1 aliphatic heterocycles. The minimum atomic E-state index is -4.61. The van der Waals surface area contributed by atoms with E-state index in [0.29, 0.717) is 47.1 Å². The summed E-state index contributed by atoms with van der Waals surface area (Å²) < 4.78 is 56.6. The van der Waals surface area contributed by atoms with Crippen LogP contribution in [0.1, 0.15) is 36.8 Å². The molecule has 12 heteroatoms. The van der Waals surface area contributed by atoms with Crippen molar-refractivity contribution in [2.24, 2.45) is 0 Å². The van der Waals surface area contributed by atoms with E-state index < -0.39 is 17.3 Å². The Morgan fingerprint density at radius 3 is 2.52 bits per heavy atom. The summed E-state index contributed by atoms with van der Waals surface area (Å²) in [4.78, 5) is 25.4. The Kier molecular flexibility index (Phi) is 8.08. The smallest absolute Gasteiger partial charge is 0.416 e. The van der Waals surface area contributed by atoms with Gasteiger partial charge in [-0.2, -0.15) is 13.2 Å². The molecule has 0 amide bonds. The van der Waals surface area contributed by atoms with Gasteiger partial charge in [0.05, 0.1) is 40.5 Å². The maximum absolute atomic E-state index is 13.9. The molecule has 0 spiro atoms. The van der Waals surface area contributed by atoms with Crippen molar-refractivity contribution in [2.75, 3.05) is 6.54 Å². The molecule has 8 nitrogen and oxygen atoms in total. The lowest BCUT2D eigenvalue weighted by atomic mass is 10.1. The van der Waals surface area contributed by atoms with Crippen molar-refractivity contribution in [3.05, 3.63) is 111 Å². The lowest BCUT2D eigenvalue weighted by Crippen LogP contribution is -2.36. The molecule has 228 valence electrons. The van der Waals surface area contributed by atoms with Gasteiger partial charge in [-0.05, 0) is 68.4 Å². The van der Waals surface area contributed by atoms with E-state index in [2.05, 4.69) is 14.5 Å². The fourth-order valence-electron chi connectivity index (χ4n) is 5.29. The van der Waals surface area contributed by atoms with E-state index in [1.165, 1.54) is 10.6 Å². The summed E-state index contributed by atoms with van der Waals surface area (Å²) in [5, 5.41) is 0.921. The first-order valence-corrected chi connectivity index (χ1v) is 14.5. The van der Waals surface area contributed by atoms with Gasteiger partial charge in [0.25, 0.3) is 5.56 Å². The topological polar surface area (TPSA) is 74.4 Å². The largest absolute Gasteiger partial charge is 0.489 e. The van der Waals surface area contributed by atoms with Gasteiger partial charge in [0, 0.05) is 30.9 Å². The first-order valence-electron chi connectivity index (χ1n) is 14.1. The molecule has 5 aromatic rings. The Morgan fingerprint density at radius 2 is 1.77 bits per heavy atom. The maximum atomic E-state index is 13.9. The molecule has 0 saturated carbocycles. The molecule has 6 rings (SSSR count). The van der Waals surface area contributed by atoms with Crippen molar-refractivity contribution in [1.82, 2.24) is 24.0 Å². The summed E-state index contributed by atoms with van der Waals surface area (Å²) in [7, 11) is 0. The fourth-order valence-corrected chi connectivity index (χ4v) is 5.41. The van der Waals surface area contributed by atoms with E-state index in [-0.39, 0.29) is 30.7 Å². The summed E-state index contributed by atoms with van der Waals surface area (Å²) in [5.41, 5.74) is 0.0526. The van der Waals surface area contributed by atoms with Crippen LogP contribution in [0.3, 0.4) is 0 Å². The summed E-state index contributed by atoms with van der Waals surface area (Å²) in [6, 6.07) is 17.1. The number of alkyl halides is 3. The molecule has 2 aromatic heterocycles. The lowest BCUT2D eigenvalue weighted by molar-refractivity contribution is -0.137. The lowest BCUT2D eigenvalue weighted by Gasteiger charge is -2.29. The van der Waals surface area contributed by atoms with Crippen molar-refractivity contribution in [3.63, 3.8) is 0 Å². The summed E-state index contributed by atoms with van der Waals surface area (Å²) in [5.74, 6) is 1.92. The van der Waals surface area contributed by atoms with Gasteiger partial charge in [0.1, 0.15) is 29.8 Å². The van der Waals surface area contributed by atoms with Crippen LogP contribution in [-0.4, -0.2) is 36.7 Å². The predicted molar refractivity (Wildman–Crippen MR) is 160 cm³/mol. The third-order valence-corrected chi connectivity index (χ3v) is 7.58. The van der Waals surface area contributed by atoms with Crippen LogP contribution in [0.5, 0.6) is 11.5 Å². The Bertz CT molecular complexity index is 1870. The SMILES string of the molecule is CC(C)Oc1ccc(C(F)(F)F)cc1-n1c(CN2CCn3c(cnc3COc3ccc(Cl)cc3)C2)nc2ccccc2c1=O. The van der Waals surface area contributed by atoms with Gasteiger partial charge < -0.3 is 14.0 Å². The Hall–Kier alpha value is -4.35. The molecule has 0 aliphatic carbocycles. The van der Waals surface area contributed by atoms with E-state index in [4.69, 9.17) is 26.1 Å². The predicted octanol–water partition coefficient (Wildman–Crippen LogP) is 6.64. The highest BCUT2D eigenvalue weighted by atomic mass is 35.5. The maximum Gasteiger partial charge on any atom is 0.416 e. The van der Waals surface area contributed by atoms with Crippen molar-refractivity contribution in [3.8, 4) is 17.2 Å². The number of ether oxygens (including phenoxy) is 2. The van der Waals surface area contributed by atoms with Crippen LogP contribution < -0.4 is 15.0 Å². The molecule has 0 atom stereocenters. The molecule has 0 radical (unpaired) electrons. The number of hydrogen-bond donors (Lipinski definition) is 0. The minimum Gasteiger partial charge on any atom is -0.489 e. The van der Waals surface area contributed by atoms with Crippen LogP contribution >= 0.6 is 11.6 Å². The number of benzene rings is 3. The number of fused-ring (bicyclic) bond motifs is 2. The van der Waals surface area contributed by atoms with Crippen LogP contribution in [0.2, 0.25) is 5.02 Å². The number of hydrogen-bond acceptors (Lipinski definition) is 6. The van der Waals surface area contributed by atoms with E-state index >= 15 is 0 Å². The van der Waals surface area contributed by atoms with Crippen molar-refractivity contribution in [2.45, 2.75) is 52.4 Å². The molecular weight excluding hydrogens is 595 g/mol. The van der Waals surface area contributed by atoms with E-state index in [0.717, 1.165) is 23.7 Å². The van der Waals surface area contributed by atoms with E-state index in [9.17, 15) is 18.0 Å². The fraction of sp³-hybridized carbons (Fsp3) is 0.281. The van der Waals surface area contributed by atoms with Gasteiger partial charge in [0.2, 0.25) is 0 Å². The highest BCUT2D eigenvalue weighted by Crippen LogP contribution is 2.35. The molecule has 0 bridgehead atoms. The first kappa shape index (κ1) is 29.7. The Balaban J connectivity index is 1.34. The normalized spacial score (nSPS) is 13.8. The summed E-state index contributed by atoms with van der Waals surface area (Å²) in [6.07, 6.45) is -3.16. The van der Waals surface area contributed by atoms with Gasteiger partial charge >= 0.3 is 6.18 Å². The first-order chi connectivity index (χ1) is 21.1.